The van der Waals surface area contributed by atoms with Crippen LogP contribution in [0, 0.1) is 5.41 Å². The number of carbonyl (C=O) groups excluding carboxylic acids is 1. The molecule has 1 aliphatic rings. The summed E-state index contributed by atoms with van der Waals surface area (Å²) in [4.78, 5) is 15.0. The number of carbonyl (C=O) groups is 1. The maximum absolute atomic E-state index is 13.1. The molecule has 0 atom stereocenters. The Labute approximate surface area is 187 Å². The van der Waals surface area contributed by atoms with Gasteiger partial charge in [-0.25, -0.2) is 8.42 Å². The molecule has 3 rings (SSSR count). The van der Waals surface area contributed by atoms with E-state index in [0.29, 0.717) is 27.0 Å². The molecule has 2 aromatic rings. The van der Waals surface area contributed by atoms with Crippen LogP contribution in [0.25, 0.3) is 0 Å². The molecule has 0 radical (unpaired) electrons. The lowest BCUT2D eigenvalue weighted by molar-refractivity contribution is -0.125. The first-order chi connectivity index (χ1) is 13.9. The van der Waals surface area contributed by atoms with E-state index in [2.05, 4.69) is 0 Å². The molecule has 8 heteroatoms. The van der Waals surface area contributed by atoms with Crippen LogP contribution in [0.1, 0.15) is 39.2 Å². The molecule has 1 fully saturated rings. The van der Waals surface area contributed by atoms with Crippen molar-refractivity contribution in [2.75, 3.05) is 12.0 Å². The van der Waals surface area contributed by atoms with Gasteiger partial charge in [-0.15, -0.1) is 0 Å². The lowest BCUT2D eigenvalue weighted by Crippen LogP contribution is -2.41. The van der Waals surface area contributed by atoms with Crippen LogP contribution in [-0.2, 0) is 20.4 Å². The van der Waals surface area contributed by atoms with Crippen LogP contribution in [0.5, 0.6) is 5.75 Å². The van der Waals surface area contributed by atoms with E-state index in [-0.39, 0.29) is 22.6 Å². The summed E-state index contributed by atoms with van der Waals surface area (Å²) in [6.07, 6.45) is 1.79. The van der Waals surface area contributed by atoms with E-state index >= 15 is 0 Å². The molecule has 1 saturated carbocycles. The van der Waals surface area contributed by atoms with Gasteiger partial charge in [-0.3, -0.25) is 4.79 Å². The molecule has 30 heavy (non-hydrogen) atoms. The van der Waals surface area contributed by atoms with E-state index in [1.54, 1.807) is 17.0 Å². The maximum Gasteiger partial charge on any atom is 0.232 e. The first-order valence-electron chi connectivity index (χ1n) is 9.62. The van der Waals surface area contributed by atoms with Crippen molar-refractivity contribution in [2.45, 2.75) is 50.3 Å². The van der Waals surface area contributed by atoms with E-state index in [4.69, 9.17) is 27.9 Å². The quantitative estimate of drug-likeness (QED) is 0.558. The van der Waals surface area contributed by atoms with Gasteiger partial charge in [0.1, 0.15) is 11.4 Å². The lowest BCUT2D eigenvalue weighted by Gasteiger charge is -2.31. The fraction of sp³-hybridized carbons (Fsp3) is 0.409. The Kier molecular flexibility index (Phi) is 6.42. The van der Waals surface area contributed by atoms with Crippen molar-refractivity contribution in [3.05, 3.63) is 52.0 Å². The van der Waals surface area contributed by atoms with Crippen molar-refractivity contribution in [1.82, 2.24) is 0 Å². The lowest BCUT2D eigenvalue weighted by atomic mass is 9.94. The van der Waals surface area contributed by atoms with Gasteiger partial charge in [0.05, 0.1) is 22.8 Å². The summed E-state index contributed by atoms with van der Waals surface area (Å²) >= 11 is 12.4. The first-order valence-corrected chi connectivity index (χ1v) is 12.0. The number of hydrogen-bond acceptors (Lipinski definition) is 4. The molecule has 0 aliphatic heterocycles. The summed E-state index contributed by atoms with van der Waals surface area (Å²) in [5.74, 6) is 0.0850. The Morgan fingerprint density at radius 1 is 1.13 bits per heavy atom. The minimum absolute atomic E-state index is 0.0493. The van der Waals surface area contributed by atoms with Crippen LogP contribution in [0.2, 0.25) is 10.0 Å². The highest BCUT2D eigenvalue weighted by Crippen LogP contribution is 2.44. The third-order valence-electron chi connectivity index (χ3n) is 4.85. The zero-order chi connectivity index (χ0) is 22.3. The Morgan fingerprint density at radius 3 is 2.23 bits per heavy atom. The number of benzene rings is 2. The highest BCUT2D eigenvalue weighted by Gasteiger charge is 2.40. The number of rotatable bonds is 6. The molecule has 5 nitrogen and oxygen atoms in total. The predicted octanol–water partition coefficient (Wildman–Crippen LogP) is 5.52. The van der Waals surface area contributed by atoms with Gasteiger partial charge in [-0.1, -0.05) is 44.0 Å². The van der Waals surface area contributed by atoms with Crippen LogP contribution >= 0.6 is 23.2 Å². The third-order valence-corrected chi connectivity index (χ3v) is 7.09. The van der Waals surface area contributed by atoms with Gasteiger partial charge in [0.2, 0.25) is 5.91 Å². The molecule has 0 heterocycles. The third kappa shape index (κ3) is 4.93. The number of halogens is 2. The zero-order valence-electron chi connectivity index (χ0n) is 17.4. The number of hydrogen-bond donors (Lipinski definition) is 0. The summed E-state index contributed by atoms with van der Waals surface area (Å²) in [6, 6.07) is 9.33. The van der Waals surface area contributed by atoms with E-state index in [0.717, 1.165) is 12.8 Å². The molecule has 0 saturated heterocycles. The maximum atomic E-state index is 13.1. The highest BCUT2D eigenvalue weighted by atomic mass is 35.5. The number of methoxy groups -OCH3 is 1. The fourth-order valence-electron chi connectivity index (χ4n) is 3.19. The molecule has 0 spiro atoms. The van der Waals surface area contributed by atoms with Crippen molar-refractivity contribution < 1.29 is 17.9 Å². The van der Waals surface area contributed by atoms with E-state index < -0.39 is 15.3 Å². The predicted molar refractivity (Wildman–Crippen MR) is 120 cm³/mol. The van der Waals surface area contributed by atoms with E-state index in [9.17, 15) is 13.2 Å². The van der Waals surface area contributed by atoms with Crippen LogP contribution in [-0.4, -0.2) is 27.5 Å². The van der Waals surface area contributed by atoms with Gasteiger partial charge >= 0.3 is 0 Å². The monoisotopic (exact) mass is 469 g/mol. The van der Waals surface area contributed by atoms with Gasteiger partial charge in [0.15, 0.2) is 9.84 Å². The molecule has 0 N–H and O–H groups in total. The summed E-state index contributed by atoms with van der Waals surface area (Å²) < 4.78 is 31.2. The summed E-state index contributed by atoms with van der Waals surface area (Å²) in [7, 11) is -2.12. The normalized spacial score (nSPS) is 14.5. The molecule has 0 bridgehead atoms. The zero-order valence-corrected chi connectivity index (χ0v) is 19.7. The first kappa shape index (κ1) is 22.9. The van der Waals surface area contributed by atoms with Gasteiger partial charge in [-0.05, 0) is 54.8 Å². The average molecular weight is 470 g/mol. The van der Waals surface area contributed by atoms with Crippen LogP contribution in [0.15, 0.2) is 41.3 Å². The molecule has 1 amide bonds. The standard InChI is InChI=1S/C22H25Cl2NO4S/c1-22(2,3)21(26)25(16-7-8-16)20-18(24)11-14(12-19(20)29-4)13-30(27,28)17-9-5-15(23)6-10-17/h5-6,9-12,16H,7-8,13H2,1-4H3. The fourth-order valence-corrected chi connectivity index (χ4v) is 4.96. The summed E-state index contributed by atoms with van der Waals surface area (Å²) in [5.41, 5.74) is 0.386. The molecule has 1 aliphatic carbocycles. The van der Waals surface area contributed by atoms with Crippen molar-refractivity contribution >= 4 is 44.6 Å². The minimum Gasteiger partial charge on any atom is -0.495 e. The van der Waals surface area contributed by atoms with Crippen molar-refractivity contribution in [1.29, 1.82) is 0 Å². The van der Waals surface area contributed by atoms with Crippen LogP contribution < -0.4 is 9.64 Å². The molecular weight excluding hydrogens is 445 g/mol. The van der Waals surface area contributed by atoms with Gasteiger partial charge in [0, 0.05) is 16.5 Å². The SMILES string of the molecule is COc1cc(CS(=O)(=O)c2ccc(Cl)cc2)cc(Cl)c1N(C(=O)C(C)(C)C)C1CC1. The Morgan fingerprint density at radius 2 is 1.73 bits per heavy atom. The number of ether oxygens (including phenoxy) is 1. The largest absolute Gasteiger partial charge is 0.495 e. The van der Waals surface area contributed by atoms with Gasteiger partial charge in [-0.2, -0.15) is 0 Å². The van der Waals surface area contributed by atoms with Crippen LogP contribution in [0.3, 0.4) is 0 Å². The number of amides is 1. The summed E-state index contributed by atoms with van der Waals surface area (Å²) in [6.45, 7) is 5.58. The molecule has 0 unspecified atom stereocenters. The van der Waals surface area contributed by atoms with E-state index in [1.807, 2.05) is 20.8 Å². The summed E-state index contributed by atoms with van der Waals surface area (Å²) in [5, 5.41) is 0.756. The number of anilines is 1. The minimum atomic E-state index is -3.60. The van der Waals surface area contributed by atoms with E-state index in [1.165, 1.54) is 31.4 Å². The van der Waals surface area contributed by atoms with Crippen molar-refractivity contribution in [3.8, 4) is 5.75 Å². The molecule has 2 aromatic carbocycles. The van der Waals surface area contributed by atoms with Gasteiger partial charge < -0.3 is 9.64 Å². The van der Waals surface area contributed by atoms with Crippen molar-refractivity contribution in [2.24, 2.45) is 5.41 Å². The second-order valence-electron chi connectivity index (χ2n) is 8.50. The highest BCUT2D eigenvalue weighted by molar-refractivity contribution is 7.90. The number of nitrogens with zero attached hydrogens (tertiary/aromatic N) is 1. The molecule has 0 aromatic heterocycles. The average Bonchev–Trinajstić information content (AvgIpc) is 3.47. The molecule has 162 valence electrons. The second kappa shape index (κ2) is 8.40. The Bertz CT molecular complexity index is 1060. The smallest absolute Gasteiger partial charge is 0.232 e. The van der Waals surface area contributed by atoms with Crippen molar-refractivity contribution in [3.63, 3.8) is 0 Å². The topological polar surface area (TPSA) is 63.7 Å². The second-order valence-corrected chi connectivity index (χ2v) is 11.3. The van der Waals surface area contributed by atoms with Gasteiger partial charge in [0.25, 0.3) is 0 Å². The van der Waals surface area contributed by atoms with Crippen LogP contribution in [0.4, 0.5) is 5.69 Å². The molecular formula is C22H25Cl2NO4S. The number of sulfone groups is 1. The Balaban J connectivity index is 2.00. The Hall–Kier alpha value is -1.76.